The number of fused-ring (bicyclic) bond motifs is 1. The Morgan fingerprint density at radius 3 is 3.00 bits per heavy atom. The van der Waals surface area contributed by atoms with Gasteiger partial charge in [0.2, 0.25) is 0 Å². The van der Waals surface area contributed by atoms with Crippen LogP contribution in [0.4, 0.5) is 0 Å². The summed E-state index contributed by atoms with van der Waals surface area (Å²) < 4.78 is 17.2. The van der Waals surface area contributed by atoms with E-state index in [2.05, 4.69) is 29.6 Å². The number of benzene rings is 1. The van der Waals surface area contributed by atoms with E-state index in [-0.39, 0.29) is 12.2 Å². The predicted molar refractivity (Wildman–Crippen MR) is 72.3 cm³/mol. The first-order chi connectivity index (χ1) is 9.43. The standard InChI is InChI=1S/C15H21NO3/c1-2-4-14-12(3-1)5-7-19-15(14)11-17-10-13-9-16-6-8-18-13/h1-4,13,15-16H,5-11H2. The summed E-state index contributed by atoms with van der Waals surface area (Å²) in [5.74, 6) is 0. The van der Waals surface area contributed by atoms with E-state index in [1.165, 1.54) is 11.1 Å². The van der Waals surface area contributed by atoms with Crippen molar-refractivity contribution in [3.05, 3.63) is 35.4 Å². The van der Waals surface area contributed by atoms with E-state index in [1.807, 2.05) is 0 Å². The van der Waals surface area contributed by atoms with Gasteiger partial charge in [-0.15, -0.1) is 0 Å². The molecule has 1 fully saturated rings. The molecule has 0 aromatic heterocycles. The summed E-state index contributed by atoms with van der Waals surface area (Å²) in [6.07, 6.45) is 1.25. The van der Waals surface area contributed by atoms with Gasteiger partial charge in [0.05, 0.1) is 32.5 Å². The molecule has 4 heteroatoms. The maximum absolute atomic E-state index is 5.81. The summed E-state index contributed by atoms with van der Waals surface area (Å²) in [5.41, 5.74) is 2.66. The zero-order chi connectivity index (χ0) is 12.9. The maximum Gasteiger partial charge on any atom is 0.106 e. The normalized spacial score (nSPS) is 26.9. The van der Waals surface area contributed by atoms with Crippen molar-refractivity contribution in [2.45, 2.75) is 18.6 Å². The lowest BCUT2D eigenvalue weighted by Gasteiger charge is -2.27. The number of rotatable bonds is 4. The molecule has 0 aliphatic carbocycles. The van der Waals surface area contributed by atoms with Crippen molar-refractivity contribution in [1.82, 2.24) is 5.32 Å². The van der Waals surface area contributed by atoms with Gasteiger partial charge in [0.25, 0.3) is 0 Å². The van der Waals surface area contributed by atoms with Crippen LogP contribution in [0.25, 0.3) is 0 Å². The highest BCUT2D eigenvalue weighted by molar-refractivity contribution is 5.30. The fourth-order valence-electron chi connectivity index (χ4n) is 2.65. The number of ether oxygens (including phenoxy) is 3. The second-order valence-corrected chi connectivity index (χ2v) is 5.04. The minimum absolute atomic E-state index is 0.0708. The van der Waals surface area contributed by atoms with Crippen LogP contribution in [0, 0.1) is 0 Å². The van der Waals surface area contributed by atoms with Crippen LogP contribution in [0.5, 0.6) is 0 Å². The van der Waals surface area contributed by atoms with Gasteiger partial charge >= 0.3 is 0 Å². The molecule has 1 saturated heterocycles. The number of morpholine rings is 1. The van der Waals surface area contributed by atoms with E-state index >= 15 is 0 Å². The minimum Gasteiger partial charge on any atom is -0.376 e. The zero-order valence-corrected chi connectivity index (χ0v) is 11.1. The van der Waals surface area contributed by atoms with Gasteiger partial charge in [-0.2, -0.15) is 0 Å². The van der Waals surface area contributed by atoms with Crippen molar-refractivity contribution in [3.63, 3.8) is 0 Å². The van der Waals surface area contributed by atoms with Crippen LogP contribution in [0.1, 0.15) is 17.2 Å². The smallest absolute Gasteiger partial charge is 0.106 e. The van der Waals surface area contributed by atoms with Crippen LogP contribution < -0.4 is 5.32 Å². The van der Waals surface area contributed by atoms with Crippen molar-refractivity contribution in [2.24, 2.45) is 0 Å². The van der Waals surface area contributed by atoms with E-state index in [1.54, 1.807) is 0 Å². The molecule has 104 valence electrons. The molecule has 1 aromatic rings. The Balaban J connectivity index is 1.50. The summed E-state index contributed by atoms with van der Waals surface area (Å²) in [6.45, 7) is 4.62. The van der Waals surface area contributed by atoms with Crippen molar-refractivity contribution in [2.75, 3.05) is 39.5 Å². The topological polar surface area (TPSA) is 39.7 Å². The Bertz CT molecular complexity index is 404. The molecular formula is C15H21NO3. The fourth-order valence-corrected chi connectivity index (χ4v) is 2.65. The van der Waals surface area contributed by atoms with E-state index in [0.717, 1.165) is 32.7 Å². The molecule has 2 heterocycles. The maximum atomic E-state index is 5.81. The quantitative estimate of drug-likeness (QED) is 0.889. The van der Waals surface area contributed by atoms with Gasteiger partial charge in [-0.1, -0.05) is 24.3 Å². The van der Waals surface area contributed by atoms with E-state index < -0.39 is 0 Å². The Hall–Kier alpha value is -0.940. The van der Waals surface area contributed by atoms with Crippen LogP contribution in [-0.2, 0) is 20.6 Å². The first-order valence-electron chi connectivity index (χ1n) is 7.03. The fraction of sp³-hybridized carbons (Fsp3) is 0.600. The molecule has 0 radical (unpaired) electrons. The lowest BCUT2D eigenvalue weighted by molar-refractivity contribution is -0.0683. The number of hydrogen-bond acceptors (Lipinski definition) is 4. The third kappa shape index (κ3) is 3.34. The minimum atomic E-state index is 0.0708. The molecule has 0 amide bonds. The molecule has 1 N–H and O–H groups in total. The van der Waals surface area contributed by atoms with Crippen LogP contribution in [0.3, 0.4) is 0 Å². The Labute approximate surface area is 114 Å². The molecular weight excluding hydrogens is 242 g/mol. The number of hydrogen-bond donors (Lipinski definition) is 1. The van der Waals surface area contributed by atoms with Gasteiger partial charge in [-0.3, -0.25) is 0 Å². The Morgan fingerprint density at radius 2 is 2.11 bits per heavy atom. The molecule has 3 rings (SSSR count). The van der Waals surface area contributed by atoms with Gasteiger partial charge in [0.1, 0.15) is 6.10 Å². The van der Waals surface area contributed by atoms with Crippen molar-refractivity contribution in [1.29, 1.82) is 0 Å². The summed E-state index contributed by atoms with van der Waals surface area (Å²) >= 11 is 0. The highest BCUT2D eigenvalue weighted by Gasteiger charge is 2.21. The van der Waals surface area contributed by atoms with Crippen LogP contribution in [0.15, 0.2) is 24.3 Å². The van der Waals surface area contributed by atoms with Crippen molar-refractivity contribution >= 4 is 0 Å². The summed E-state index contributed by atoms with van der Waals surface area (Å²) in [4.78, 5) is 0. The van der Waals surface area contributed by atoms with Crippen LogP contribution in [0.2, 0.25) is 0 Å². The van der Waals surface area contributed by atoms with Crippen molar-refractivity contribution in [3.8, 4) is 0 Å². The highest BCUT2D eigenvalue weighted by atomic mass is 16.6. The van der Waals surface area contributed by atoms with Gasteiger partial charge < -0.3 is 19.5 Å². The van der Waals surface area contributed by atoms with E-state index in [0.29, 0.717) is 13.2 Å². The van der Waals surface area contributed by atoms with E-state index in [9.17, 15) is 0 Å². The molecule has 0 saturated carbocycles. The Kier molecular flexibility index (Phi) is 4.45. The lowest BCUT2D eigenvalue weighted by Crippen LogP contribution is -2.41. The van der Waals surface area contributed by atoms with Gasteiger partial charge in [0.15, 0.2) is 0 Å². The second kappa shape index (κ2) is 6.48. The summed E-state index contributed by atoms with van der Waals surface area (Å²) in [7, 11) is 0. The summed E-state index contributed by atoms with van der Waals surface area (Å²) in [5, 5.41) is 3.30. The largest absolute Gasteiger partial charge is 0.376 e. The highest BCUT2D eigenvalue weighted by Crippen LogP contribution is 2.26. The molecule has 4 nitrogen and oxygen atoms in total. The number of nitrogens with one attached hydrogen (secondary N) is 1. The Morgan fingerprint density at radius 1 is 1.16 bits per heavy atom. The zero-order valence-electron chi connectivity index (χ0n) is 11.1. The third-order valence-electron chi connectivity index (χ3n) is 3.67. The molecule has 0 bridgehead atoms. The molecule has 2 atom stereocenters. The summed E-state index contributed by atoms with van der Waals surface area (Å²) in [6, 6.07) is 8.47. The van der Waals surface area contributed by atoms with Gasteiger partial charge in [-0.25, -0.2) is 0 Å². The molecule has 2 aliphatic rings. The first kappa shape index (κ1) is 13.1. The molecule has 2 unspecified atom stereocenters. The SMILES string of the molecule is c1ccc2c(c1)CCOC2COCC1CNCCO1. The second-order valence-electron chi connectivity index (χ2n) is 5.04. The molecule has 0 spiro atoms. The lowest BCUT2D eigenvalue weighted by atomic mass is 9.98. The van der Waals surface area contributed by atoms with Crippen molar-refractivity contribution < 1.29 is 14.2 Å². The third-order valence-corrected chi connectivity index (χ3v) is 3.67. The first-order valence-corrected chi connectivity index (χ1v) is 7.03. The monoisotopic (exact) mass is 263 g/mol. The molecule has 1 aromatic carbocycles. The van der Waals surface area contributed by atoms with E-state index in [4.69, 9.17) is 14.2 Å². The molecule has 19 heavy (non-hydrogen) atoms. The molecule has 2 aliphatic heterocycles. The van der Waals surface area contributed by atoms with Gasteiger partial charge in [0, 0.05) is 13.1 Å². The predicted octanol–water partition coefficient (Wildman–Crippen LogP) is 1.31. The van der Waals surface area contributed by atoms with Gasteiger partial charge in [-0.05, 0) is 17.5 Å². The van der Waals surface area contributed by atoms with Crippen LogP contribution >= 0.6 is 0 Å². The average molecular weight is 263 g/mol. The van der Waals surface area contributed by atoms with Crippen LogP contribution in [-0.4, -0.2) is 45.6 Å². The average Bonchev–Trinajstić information content (AvgIpc) is 2.49.